The molecular weight excluding hydrogens is 355 g/mol. The maximum Gasteiger partial charge on any atom is 0 e. The van der Waals surface area contributed by atoms with Gasteiger partial charge in [-0.3, -0.25) is 0 Å². The molecule has 11 heteroatoms. The van der Waals surface area contributed by atoms with Gasteiger partial charge in [0.2, 0.25) is 0 Å². The van der Waals surface area contributed by atoms with E-state index >= 15 is 0 Å². The van der Waals surface area contributed by atoms with Crippen LogP contribution >= 0.6 is 0 Å². The molecule has 0 aromatic carbocycles. The standard InChI is InChI=1S/9Al.2Fe. The Labute approximate surface area is 186 Å². The van der Waals surface area contributed by atoms with Crippen molar-refractivity contribution in [1.82, 2.24) is 0 Å². The molecule has 0 unspecified atom stereocenters. The second-order valence-electron chi connectivity index (χ2n) is 0. The number of hydrogen-bond acceptors (Lipinski definition) is 0. The van der Waals surface area contributed by atoms with Crippen molar-refractivity contribution < 1.29 is 34.1 Å². The van der Waals surface area contributed by atoms with E-state index in [-0.39, 0.29) is 190 Å². The minimum atomic E-state index is 0. The third kappa shape index (κ3) is 89.1. The van der Waals surface area contributed by atoms with Crippen molar-refractivity contribution in [2.24, 2.45) is 0 Å². The van der Waals surface area contributed by atoms with E-state index < -0.39 is 0 Å². The van der Waals surface area contributed by atoms with Crippen LogP contribution in [0, 0.1) is 0 Å². The molecule has 0 fully saturated rings. The van der Waals surface area contributed by atoms with Gasteiger partial charge in [-0.2, -0.15) is 0 Å². The molecule has 0 amide bonds. The summed E-state index contributed by atoms with van der Waals surface area (Å²) in [7, 11) is 0. The van der Waals surface area contributed by atoms with Gasteiger partial charge in [0.15, 0.2) is 0 Å². The Balaban J connectivity index is 0. The van der Waals surface area contributed by atoms with Crippen LogP contribution in [0.4, 0.5) is 0 Å². The molecule has 0 nitrogen and oxygen atoms in total. The van der Waals surface area contributed by atoms with E-state index in [9.17, 15) is 0 Å². The van der Waals surface area contributed by atoms with Gasteiger partial charge in [-0.15, -0.1) is 0 Å². The molecule has 27 radical (unpaired) electrons. The Bertz CT molecular complexity index is 7.52. The van der Waals surface area contributed by atoms with E-state index in [4.69, 9.17) is 0 Å². The summed E-state index contributed by atoms with van der Waals surface area (Å²) in [4.78, 5) is 0. The molecular formula is Al9Fe2. The van der Waals surface area contributed by atoms with Gasteiger partial charge in [-0.1, -0.05) is 0 Å². The van der Waals surface area contributed by atoms with Crippen molar-refractivity contribution in [3.63, 3.8) is 0 Å². The van der Waals surface area contributed by atoms with Crippen molar-refractivity contribution >= 4 is 156 Å². The normalized spacial score (nSPS) is 0. The van der Waals surface area contributed by atoms with Crippen LogP contribution in [0.25, 0.3) is 0 Å². The SMILES string of the molecule is [Al].[Al].[Al].[Al].[Al].[Al].[Al].[Al].[Al].[Fe].[Fe]. The Morgan fingerprint density at radius 1 is 0.182 bits per heavy atom. The quantitative estimate of drug-likeness (QED) is 0.397. The Morgan fingerprint density at radius 2 is 0.182 bits per heavy atom. The average molecular weight is 355 g/mol. The van der Waals surface area contributed by atoms with E-state index in [2.05, 4.69) is 0 Å². The zero-order valence-electron chi connectivity index (χ0n) is 5.90. The molecule has 0 saturated carbocycles. The molecule has 0 rings (SSSR count). The van der Waals surface area contributed by atoms with Crippen LogP contribution < -0.4 is 0 Å². The first-order valence-electron chi connectivity index (χ1n) is 0. The first-order valence-corrected chi connectivity index (χ1v) is 0. The van der Waals surface area contributed by atoms with Crippen LogP contribution in [-0.4, -0.2) is 156 Å². The first-order chi connectivity index (χ1) is 0. The maximum absolute atomic E-state index is 0. The van der Waals surface area contributed by atoms with Gasteiger partial charge >= 0.3 is 0 Å². The van der Waals surface area contributed by atoms with Crippen LogP contribution in [0.2, 0.25) is 0 Å². The summed E-state index contributed by atoms with van der Waals surface area (Å²) in [5.74, 6) is 0. The van der Waals surface area contributed by atoms with Crippen molar-refractivity contribution in [2.75, 3.05) is 0 Å². The minimum absolute atomic E-state index is 0. The summed E-state index contributed by atoms with van der Waals surface area (Å²) >= 11 is 0. The molecule has 0 aliphatic carbocycles. The van der Waals surface area contributed by atoms with E-state index in [0.29, 0.717) is 0 Å². The predicted molar refractivity (Wildman–Crippen MR) is 51.8 cm³/mol. The van der Waals surface area contributed by atoms with Crippen molar-refractivity contribution in [3.05, 3.63) is 0 Å². The minimum Gasteiger partial charge on any atom is 0 e. The first kappa shape index (κ1) is 124. The number of hydrogen-bond donors (Lipinski definition) is 0. The molecule has 0 aliphatic rings. The van der Waals surface area contributed by atoms with Crippen molar-refractivity contribution in [2.45, 2.75) is 0 Å². The molecule has 43 valence electrons. The molecule has 0 spiro atoms. The van der Waals surface area contributed by atoms with Crippen LogP contribution in [0.3, 0.4) is 0 Å². The molecule has 0 N–H and O–H groups in total. The van der Waals surface area contributed by atoms with Gasteiger partial charge in [0.05, 0.1) is 0 Å². The van der Waals surface area contributed by atoms with E-state index in [1.54, 1.807) is 0 Å². The van der Waals surface area contributed by atoms with Gasteiger partial charge < -0.3 is 0 Å². The second kappa shape index (κ2) is 102. The van der Waals surface area contributed by atoms with E-state index in [1.165, 1.54) is 0 Å². The molecule has 0 atom stereocenters. The van der Waals surface area contributed by atoms with Crippen LogP contribution in [0.1, 0.15) is 0 Å². The molecule has 11 heavy (non-hydrogen) atoms. The molecule has 0 aromatic heterocycles. The predicted octanol–water partition coefficient (Wildman–Crippen LogP) is -3.43. The van der Waals surface area contributed by atoms with Gasteiger partial charge in [0, 0.05) is 190 Å². The second-order valence-corrected chi connectivity index (χ2v) is 0. The fourth-order valence-electron chi connectivity index (χ4n) is 0. The zero-order chi connectivity index (χ0) is 0. The summed E-state index contributed by atoms with van der Waals surface area (Å²) < 4.78 is 0. The third-order valence-electron chi connectivity index (χ3n) is 0. The smallest absolute Gasteiger partial charge is 0 e. The molecule has 0 bridgehead atoms. The van der Waals surface area contributed by atoms with Crippen LogP contribution in [-0.2, 0) is 34.1 Å². The van der Waals surface area contributed by atoms with Gasteiger partial charge in [-0.25, -0.2) is 0 Å². The van der Waals surface area contributed by atoms with E-state index in [1.807, 2.05) is 0 Å². The molecule has 0 saturated heterocycles. The van der Waals surface area contributed by atoms with Crippen LogP contribution in [0.15, 0.2) is 0 Å². The van der Waals surface area contributed by atoms with Gasteiger partial charge in [0.1, 0.15) is 0 Å². The monoisotopic (exact) mass is 355 g/mol. The molecule has 0 aliphatic heterocycles. The van der Waals surface area contributed by atoms with Crippen molar-refractivity contribution in [1.29, 1.82) is 0 Å². The van der Waals surface area contributed by atoms with Gasteiger partial charge in [-0.05, 0) is 0 Å². The number of rotatable bonds is 0. The largest absolute Gasteiger partial charge is 0 e. The Kier molecular flexibility index (Phi) is 1160. The van der Waals surface area contributed by atoms with Crippen molar-refractivity contribution in [3.8, 4) is 0 Å². The summed E-state index contributed by atoms with van der Waals surface area (Å²) in [6.07, 6.45) is 0. The summed E-state index contributed by atoms with van der Waals surface area (Å²) in [5.41, 5.74) is 0. The fraction of sp³-hybridized carbons (Fsp3) is 0. The van der Waals surface area contributed by atoms with E-state index in [0.717, 1.165) is 0 Å². The Hall–Kier alpha value is 5.83. The van der Waals surface area contributed by atoms with Gasteiger partial charge in [0.25, 0.3) is 0 Å². The maximum atomic E-state index is 0. The average Bonchev–Trinajstić information content (AvgIpc) is 0. The third-order valence-corrected chi connectivity index (χ3v) is 0. The molecule has 0 heterocycles. The summed E-state index contributed by atoms with van der Waals surface area (Å²) in [5, 5.41) is 0. The topological polar surface area (TPSA) is 0 Å². The fourth-order valence-corrected chi connectivity index (χ4v) is 0. The van der Waals surface area contributed by atoms with Crippen LogP contribution in [0.5, 0.6) is 0 Å². The Morgan fingerprint density at radius 3 is 0.182 bits per heavy atom. The zero-order valence-corrected chi connectivity index (χ0v) is 18.5. The molecule has 0 aromatic rings. The summed E-state index contributed by atoms with van der Waals surface area (Å²) in [6, 6.07) is 0. The summed E-state index contributed by atoms with van der Waals surface area (Å²) in [6.45, 7) is 0.